The van der Waals surface area contributed by atoms with Gasteiger partial charge in [-0.3, -0.25) is 9.59 Å². The van der Waals surface area contributed by atoms with E-state index in [2.05, 4.69) is 15.8 Å². The molecule has 1 saturated carbocycles. The molecule has 0 aromatic heterocycles. The van der Waals surface area contributed by atoms with Crippen LogP contribution >= 0.6 is 23.2 Å². The van der Waals surface area contributed by atoms with Gasteiger partial charge in [-0.1, -0.05) is 42.5 Å². The molecule has 1 aliphatic rings. The van der Waals surface area contributed by atoms with Gasteiger partial charge in [-0.15, -0.1) is 0 Å². The van der Waals surface area contributed by atoms with Crippen molar-refractivity contribution in [2.45, 2.75) is 45.4 Å². The largest absolute Gasteiger partial charge is 0.324 e. The zero-order valence-electron chi connectivity index (χ0n) is 13.6. The summed E-state index contributed by atoms with van der Waals surface area (Å²) in [6.07, 6.45) is 5.27. The zero-order chi connectivity index (χ0) is 17.5. The van der Waals surface area contributed by atoms with Crippen LogP contribution in [0.15, 0.2) is 23.3 Å². The third-order valence-corrected chi connectivity index (χ3v) is 4.50. The average Bonchev–Trinajstić information content (AvgIpc) is 2.56. The van der Waals surface area contributed by atoms with E-state index >= 15 is 0 Å². The van der Waals surface area contributed by atoms with Crippen LogP contribution in [0.1, 0.15) is 45.4 Å². The van der Waals surface area contributed by atoms with Crippen molar-refractivity contribution in [2.24, 2.45) is 11.0 Å². The third-order valence-electron chi connectivity index (χ3n) is 3.95. The Labute approximate surface area is 151 Å². The minimum atomic E-state index is -0.257. The van der Waals surface area contributed by atoms with E-state index in [1.165, 1.54) is 6.42 Å². The van der Waals surface area contributed by atoms with Crippen molar-refractivity contribution in [1.29, 1.82) is 0 Å². The summed E-state index contributed by atoms with van der Waals surface area (Å²) in [5.74, 6) is -0.278. The molecule has 0 saturated heterocycles. The molecule has 2 rings (SSSR count). The smallest absolute Gasteiger partial charge is 0.243 e. The molecule has 1 aliphatic carbocycles. The molecule has 0 bridgehead atoms. The lowest BCUT2D eigenvalue weighted by Gasteiger charge is -2.19. The Morgan fingerprint density at radius 2 is 1.92 bits per heavy atom. The molecule has 5 nitrogen and oxygen atoms in total. The third kappa shape index (κ3) is 5.80. The predicted molar refractivity (Wildman–Crippen MR) is 97.5 cm³/mol. The summed E-state index contributed by atoms with van der Waals surface area (Å²) in [5, 5.41) is 7.59. The van der Waals surface area contributed by atoms with Gasteiger partial charge in [0.15, 0.2) is 0 Å². The van der Waals surface area contributed by atoms with E-state index in [1.807, 2.05) is 0 Å². The number of benzene rings is 1. The average molecular weight is 370 g/mol. The first-order chi connectivity index (χ1) is 11.5. The molecule has 24 heavy (non-hydrogen) atoms. The fourth-order valence-electron chi connectivity index (χ4n) is 2.66. The van der Waals surface area contributed by atoms with Gasteiger partial charge in [0.25, 0.3) is 0 Å². The molecule has 0 atom stereocenters. The predicted octanol–water partition coefficient (Wildman–Crippen LogP) is 4.39. The fraction of sp³-hybridized carbons (Fsp3) is 0.471. The lowest BCUT2D eigenvalue weighted by molar-refractivity contribution is -0.126. The molecule has 0 radical (unpaired) electrons. The summed E-state index contributed by atoms with van der Waals surface area (Å²) in [7, 11) is 0. The number of rotatable bonds is 5. The van der Waals surface area contributed by atoms with Gasteiger partial charge in [-0.05, 0) is 38.0 Å². The SMILES string of the molecule is CC(CC(=O)Nc1ccc(Cl)cc1Cl)=NNC(=O)C1CCCCC1. The first kappa shape index (κ1) is 18.7. The number of carbonyl (C=O) groups excluding carboxylic acids is 2. The van der Waals surface area contributed by atoms with Gasteiger partial charge >= 0.3 is 0 Å². The van der Waals surface area contributed by atoms with Gasteiger partial charge in [-0.2, -0.15) is 5.10 Å². The van der Waals surface area contributed by atoms with Crippen molar-refractivity contribution in [1.82, 2.24) is 5.43 Å². The van der Waals surface area contributed by atoms with Crippen LogP contribution in [-0.4, -0.2) is 17.5 Å². The van der Waals surface area contributed by atoms with Crippen LogP contribution in [0, 0.1) is 5.92 Å². The van der Waals surface area contributed by atoms with Crippen molar-refractivity contribution in [2.75, 3.05) is 5.32 Å². The summed E-state index contributed by atoms with van der Waals surface area (Å²) in [5.41, 5.74) is 3.59. The molecule has 1 fully saturated rings. The minimum absolute atomic E-state index is 0.0389. The number of nitrogens with one attached hydrogen (secondary N) is 2. The van der Waals surface area contributed by atoms with E-state index in [0.717, 1.165) is 25.7 Å². The molecule has 0 aliphatic heterocycles. The second kappa shape index (κ2) is 9.04. The number of amides is 2. The molecule has 0 unspecified atom stereocenters. The summed E-state index contributed by atoms with van der Waals surface area (Å²) in [6.45, 7) is 1.70. The summed E-state index contributed by atoms with van der Waals surface area (Å²) in [6, 6.07) is 4.85. The van der Waals surface area contributed by atoms with Gasteiger partial charge in [-0.25, -0.2) is 5.43 Å². The van der Waals surface area contributed by atoms with Crippen LogP contribution in [-0.2, 0) is 9.59 Å². The molecule has 7 heteroatoms. The quantitative estimate of drug-likeness (QED) is 0.596. The van der Waals surface area contributed by atoms with E-state index in [1.54, 1.807) is 25.1 Å². The molecule has 0 spiro atoms. The number of hydrogen-bond acceptors (Lipinski definition) is 3. The fourth-order valence-corrected chi connectivity index (χ4v) is 3.12. The Morgan fingerprint density at radius 3 is 2.58 bits per heavy atom. The number of hydrogen-bond donors (Lipinski definition) is 2. The number of halogens is 2. The van der Waals surface area contributed by atoms with E-state index < -0.39 is 0 Å². The van der Waals surface area contributed by atoms with Crippen molar-refractivity contribution >= 4 is 46.4 Å². The van der Waals surface area contributed by atoms with Gasteiger partial charge < -0.3 is 5.32 Å². The van der Waals surface area contributed by atoms with Gasteiger partial charge in [0, 0.05) is 16.7 Å². The van der Waals surface area contributed by atoms with Crippen LogP contribution in [0.2, 0.25) is 10.0 Å². The van der Waals surface area contributed by atoms with Gasteiger partial charge in [0.2, 0.25) is 11.8 Å². The molecule has 130 valence electrons. The number of carbonyl (C=O) groups is 2. The second-order valence-electron chi connectivity index (χ2n) is 6.01. The maximum absolute atomic E-state index is 12.0. The van der Waals surface area contributed by atoms with Crippen molar-refractivity contribution in [3.8, 4) is 0 Å². The standard InChI is InChI=1S/C17H21Cl2N3O2/c1-11(21-22-17(24)12-5-3-2-4-6-12)9-16(23)20-15-8-7-13(18)10-14(15)19/h7-8,10,12H,2-6,9H2,1H3,(H,20,23)(H,22,24). The summed E-state index contributed by atoms with van der Waals surface area (Å²) < 4.78 is 0. The van der Waals surface area contributed by atoms with Crippen LogP contribution in [0.3, 0.4) is 0 Å². The lowest BCUT2D eigenvalue weighted by atomic mass is 9.89. The maximum atomic E-state index is 12.0. The molecule has 0 heterocycles. The molecule has 1 aromatic carbocycles. The van der Waals surface area contributed by atoms with E-state index in [0.29, 0.717) is 21.4 Å². The highest BCUT2D eigenvalue weighted by Gasteiger charge is 2.20. The Hall–Kier alpha value is -1.59. The van der Waals surface area contributed by atoms with E-state index in [9.17, 15) is 9.59 Å². The summed E-state index contributed by atoms with van der Waals surface area (Å²) >= 11 is 11.8. The number of nitrogens with zero attached hydrogens (tertiary/aromatic N) is 1. The Morgan fingerprint density at radius 1 is 1.21 bits per heavy atom. The van der Waals surface area contributed by atoms with Crippen LogP contribution < -0.4 is 10.7 Å². The first-order valence-corrected chi connectivity index (χ1v) is 8.79. The summed E-state index contributed by atoms with van der Waals surface area (Å²) in [4.78, 5) is 24.0. The lowest BCUT2D eigenvalue weighted by Crippen LogP contribution is -2.29. The Bertz CT molecular complexity index is 641. The minimum Gasteiger partial charge on any atom is -0.324 e. The first-order valence-electron chi connectivity index (χ1n) is 8.03. The van der Waals surface area contributed by atoms with Crippen molar-refractivity contribution in [3.05, 3.63) is 28.2 Å². The molecular weight excluding hydrogens is 349 g/mol. The second-order valence-corrected chi connectivity index (χ2v) is 6.85. The maximum Gasteiger partial charge on any atom is 0.243 e. The molecule has 2 N–H and O–H groups in total. The molecule has 1 aromatic rings. The van der Waals surface area contributed by atoms with Crippen LogP contribution in [0.5, 0.6) is 0 Å². The van der Waals surface area contributed by atoms with Crippen LogP contribution in [0.4, 0.5) is 5.69 Å². The van der Waals surface area contributed by atoms with E-state index in [-0.39, 0.29) is 24.2 Å². The highest BCUT2D eigenvalue weighted by Crippen LogP contribution is 2.25. The topological polar surface area (TPSA) is 70.6 Å². The van der Waals surface area contributed by atoms with E-state index in [4.69, 9.17) is 23.2 Å². The normalized spacial score (nSPS) is 15.9. The van der Waals surface area contributed by atoms with Crippen LogP contribution in [0.25, 0.3) is 0 Å². The molecular formula is C17H21Cl2N3O2. The Kier molecular flexibility index (Phi) is 7.06. The zero-order valence-corrected chi connectivity index (χ0v) is 15.1. The highest BCUT2D eigenvalue weighted by molar-refractivity contribution is 6.36. The highest BCUT2D eigenvalue weighted by atomic mass is 35.5. The number of anilines is 1. The monoisotopic (exact) mass is 369 g/mol. The number of hydrazone groups is 1. The van der Waals surface area contributed by atoms with Crippen molar-refractivity contribution in [3.63, 3.8) is 0 Å². The molecule has 2 amide bonds. The Balaban J connectivity index is 1.82. The van der Waals surface area contributed by atoms with Crippen molar-refractivity contribution < 1.29 is 9.59 Å². The van der Waals surface area contributed by atoms with Gasteiger partial charge in [0.1, 0.15) is 0 Å². The van der Waals surface area contributed by atoms with Gasteiger partial charge in [0.05, 0.1) is 17.1 Å².